The van der Waals surface area contributed by atoms with Crippen LogP contribution < -0.4 is 16.2 Å². The SMILES string of the molecule is Cc1ccc(NC(=O)C(=O)NCCOC(=O)CCn2cnc3ccccc3c2=O)cc1. The van der Waals surface area contributed by atoms with Gasteiger partial charge in [-0.2, -0.15) is 0 Å². The Balaban J connectivity index is 1.38. The van der Waals surface area contributed by atoms with Crippen LogP contribution in [0.3, 0.4) is 0 Å². The number of fused-ring (bicyclic) bond motifs is 1. The van der Waals surface area contributed by atoms with Crippen LogP contribution in [0.1, 0.15) is 12.0 Å². The number of ether oxygens (including phenoxy) is 1. The van der Waals surface area contributed by atoms with Gasteiger partial charge in [-0.25, -0.2) is 4.98 Å². The largest absolute Gasteiger partial charge is 0.464 e. The van der Waals surface area contributed by atoms with Crippen molar-refractivity contribution in [2.24, 2.45) is 0 Å². The highest BCUT2D eigenvalue weighted by Crippen LogP contribution is 2.08. The molecule has 0 aliphatic carbocycles. The number of rotatable bonds is 7. The quantitative estimate of drug-likeness (QED) is 0.337. The second-order valence-electron chi connectivity index (χ2n) is 6.81. The lowest BCUT2D eigenvalue weighted by Gasteiger charge is -2.09. The fraction of sp³-hybridized carbons (Fsp3) is 0.227. The van der Waals surface area contributed by atoms with E-state index in [4.69, 9.17) is 4.74 Å². The van der Waals surface area contributed by atoms with Crippen molar-refractivity contribution in [3.05, 3.63) is 70.8 Å². The highest BCUT2D eigenvalue weighted by molar-refractivity contribution is 6.39. The molecule has 0 fully saturated rings. The van der Waals surface area contributed by atoms with Crippen molar-refractivity contribution < 1.29 is 19.1 Å². The molecule has 2 N–H and O–H groups in total. The molecular weight excluding hydrogens is 400 g/mol. The Morgan fingerprint density at radius 3 is 2.55 bits per heavy atom. The van der Waals surface area contributed by atoms with E-state index in [1.165, 1.54) is 10.9 Å². The number of nitrogens with zero attached hydrogens (tertiary/aromatic N) is 2. The summed E-state index contributed by atoms with van der Waals surface area (Å²) >= 11 is 0. The number of hydrogen-bond donors (Lipinski definition) is 2. The first kappa shape index (κ1) is 21.7. The molecule has 0 aliphatic heterocycles. The number of esters is 1. The van der Waals surface area contributed by atoms with Crippen molar-refractivity contribution >= 4 is 34.4 Å². The number of anilines is 1. The summed E-state index contributed by atoms with van der Waals surface area (Å²) in [5, 5.41) is 5.33. The fourth-order valence-electron chi connectivity index (χ4n) is 2.78. The Hall–Kier alpha value is -4.01. The van der Waals surface area contributed by atoms with E-state index in [1.54, 1.807) is 36.4 Å². The molecule has 2 amide bonds. The van der Waals surface area contributed by atoms with E-state index < -0.39 is 17.8 Å². The molecule has 0 unspecified atom stereocenters. The minimum absolute atomic E-state index is 0.0105. The number of amides is 2. The summed E-state index contributed by atoms with van der Waals surface area (Å²) in [7, 11) is 0. The maximum absolute atomic E-state index is 12.4. The summed E-state index contributed by atoms with van der Waals surface area (Å²) in [4.78, 5) is 52.1. The molecule has 9 nitrogen and oxygen atoms in total. The third-order valence-corrected chi connectivity index (χ3v) is 4.45. The Morgan fingerprint density at radius 2 is 1.77 bits per heavy atom. The van der Waals surface area contributed by atoms with Gasteiger partial charge in [-0.05, 0) is 31.2 Å². The van der Waals surface area contributed by atoms with Gasteiger partial charge in [-0.3, -0.25) is 23.7 Å². The summed E-state index contributed by atoms with van der Waals surface area (Å²) in [6, 6.07) is 14.0. The van der Waals surface area contributed by atoms with Gasteiger partial charge in [0.15, 0.2) is 0 Å². The molecule has 0 saturated heterocycles. The van der Waals surface area contributed by atoms with E-state index >= 15 is 0 Å². The lowest BCUT2D eigenvalue weighted by Crippen LogP contribution is -2.37. The van der Waals surface area contributed by atoms with Gasteiger partial charge in [-0.15, -0.1) is 0 Å². The first-order valence-corrected chi connectivity index (χ1v) is 9.69. The van der Waals surface area contributed by atoms with Crippen LogP contribution in [0.2, 0.25) is 0 Å². The Morgan fingerprint density at radius 1 is 1.03 bits per heavy atom. The maximum atomic E-state index is 12.4. The van der Waals surface area contributed by atoms with Crippen molar-refractivity contribution in [3.8, 4) is 0 Å². The predicted octanol–water partition coefficient (Wildman–Crippen LogP) is 1.39. The molecule has 3 rings (SSSR count). The van der Waals surface area contributed by atoms with Crippen LogP contribution in [0.4, 0.5) is 5.69 Å². The summed E-state index contributed by atoms with van der Waals surface area (Å²) in [6.45, 7) is 1.94. The molecule has 3 aromatic rings. The van der Waals surface area contributed by atoms with Gasteiger partial charge in [0.25, 0.3) is 5.56 Å². The predicted molar refractivity (Wildman–Crippen MR) is 114 cm³/mol. The average molecular weight is 422 g/mol. The molecule has 1 aromatic heterocycles. The Bertz CT molecular complexity index is 1150. The van der Waals surface area contributed by atoms with Crippen LogP contribution in [0, 0.1) is 6.92 Å². The Kier molecular flexibility index (Phi) is 7.10. The van der Waals surface area contributed by atoms with Crippen LogP contribution in [0.5, 0.6) is 0 Å². The molecule has 0 aliphatic rings. The van der Waals surface area contributed by atoms with Gasteiger partial charge >= 0.3 is 17.8 Å². The normalized spacial score (nSPS) is 10.5. The van der Waals surface area contributed by atoms with Crippen LogP contribution in [0.25, 0.3) is 10.9 Å². The fourth-order valence-corrected chi connectivity index (χ4v) is 2.78. The van der Waals surface area contributed by atoms with Crippen molar-refractivity contribution in [2.75, 3.05) is 18.5 Å². The number of carbonyl (C=O) groups is 3. The highest BCUT2D eigenvalue weighted by atomic mass is 16.5. The van der Waals surface area contributed by atoms with Crippen LogP contribution >= 0.6 is 0 Å². The van der Waals surface area contributed by atoms with E-state index in [0.29, 0.717) is 16.6 Å². The maximum Gasteiger partial charge on any atom is 0.313 e. The van der Waals surface area contributed by atoms with Gasteiger partial charge in [0, 0.05) is 12.2 Å². The first-order chi connectivity index (χ1) is 14.9. The third kappa shape index (κ3) is 5.99. The second-order valence-corrected chi connectivity index (χ2v) is 6.81. The van der Waals surface area contributed by atoms with Crippen molar-refractivity contribution in [1.82, 2.24) is 14.9 Å². The van der Waals surface area contributed by atoms with Crippen molar-refractivity contribution in [1.29, 1.82) is 0 Å². The molecular formula is C22H22N4O5. The summed E-state index contributed by atoms with van der Waals surface area (Å²) < 4.78 is 6.38. The molecule has 31 heavy (non-hydrogen) atoms. The average Bonchev–Trinajstić information content (AvgIpc) is 2.77. The van der Waals surface area contributed by atoms with E-state index in [2.05, 4.69) is 15.6 Å². The number of para-hydroxylation sites is 1. The highest BCUT2D eigenvalue weighted by Gasteiger charge is 2.13. The second kappa shape index (κ2) is 10.1. The monoisotopic (exact) mass is 422 g/mol. The smallest absolute Gasteiger partial charge is 0.313 e. The number of nitrogens with one attached hydrogen (secondary N) is 2. The minimum Gasteiger partial charge on any atom is -0.464 e. The third-order valence-electron chi connectivity index (χ3n) is 4.45. The molecule has 0 atom stereocenters. The van der Waals surface area contributed by atoms with E-state index in [9.17, 15) is 19.2 Å². The summed E-state index contributed by atoms with van der Waals surface area (Å²) in [6.07, 6.45) is 1.37. The van der Waals surface area contributed by atoms with E-state index in [-0.39, 0.29) is 31.7 Å². The topological polar surface area (TPSA) is 119 Å². The van der Waals surface area contributed by atoms with Crippen molar-refractivity contribution in [2.45, 2.75) is 19.9 Å². The van der Waals surface area contributed by atoms with Crippen molar-refractivity contribution in [3.63, 3.8) is 0 Å². The zero-order valence-corrected chi connectivity index (χ0v) is 17.0. The number of aryl methyl sites for hydroxylation is 2. The zero-order chi connectivity index (χ0) is 22.2. The van der Waals surface area contributed by atoms with Crippen LogP contribution in [0.15, 0.2) is 59.7 Å². The van der Waals surface area contributed by atoms with Gasteiger partial charge in [-0.1, -0.05) is 29.8 Å². The van der Waals surface area contributed by atoms with E-state index in [0.717, 1.165) is 5.56 Å². The molecule has 9 heteroatoms. The summed E-state index contributed by atoms with van der Waals surface area (Å²) in [5.41, 5.74) is 1.90. The molecule has 0 bridgehead atoms. The molecule has 0 spiro atoms. The molecule has 1 heterocycles. The van der Waals surface area contributed by atoms with Crippen LogP contribution in [-0.2, 0) is 25.7 Å². The number of carbonyl (C=O) groups excluding carboxylic acids is 3. The number of benzene rings is 2. The molecule has 160 valence electrons. The lowest BCUT2D eigenvalue weighted by molar-refractivity contribution is -0.144. The van der Waals surface area contributed by atoms with Gasteiger partial charge in [0.1, 0.15) is 6.61 Å². The zero-order valence-electron chi connectivity index (χ0n) is 17.0. The Labute approximate surface area is 178 Å². The standard InChI is InChI=1S/C22H22N4O5/c1-15-6-8-16(9-7-15)25-21(29)20(28)23-11-13-31-19(27)10-12-26-14-24-18-5-3-2-4-17(18)22(26)30/h2-9,14H,10-13H2,1H3,(H,23,28)(H,25,29). The molecule has 2 aromatic carbocycles. The minimum atomic E-state index is -0.828. The summed E-state index contributed by atoms with van der Waals surface area (Å²) in [5.74, 6) is -2.16. The number of aromatic nitrogens is 2. The van der Waals surface area contributed by atoms with Gasteiger partial charge < -0.3 is 15.4 Å². The van der Waals surface area contributed by atoms with Gasteiger partial charge in [0.05, 0.1) is 30.2 Å². The van der Waals surface area contributed by atoms with Gasteiger partial charge in [0.2, 0.25) is 0 Å². The number of hydrogen-bond acceptors (Lipinski definition) is 6. The molecule has 0 radical (unpaired) electrons. The van der Waals surface area contributed by atoms with Crippen LogP contribution in [-0.4, -0.2) is 40.5 Å². The first-order valence-electron chi connectivity index (χ1n) is 9.69. The molecule has 0 saturated carbocycles. The van der Waals surface area contributed by atoms with E-state index in [1.807, 2.05) is 19.1 Å². The lowest BCUT2D eigenvalue weighted by atomic mass is 10.2.